The van der Waals surface area contributed by atoms with Gasteiger partial charge in [-0.15, -0.1) is 0 Å². The second-order valence-corrected chi connectivity index (χ2v) is 1.88. The van der Waals surface area contributed by atoms with Crippen molar-refractivity contribution in [2.75, 3.05) is 6.54 Å². The summed E-state index contributed by atoms with van der Waals surface area (Å²) in [6.45, 7) is 4.06. The molecule has 0 unspecified atom stereocenters. The normalized spacial score (nSPS) is 11.3. The molecule has 0 rings (SSSR count). The number of hydrogen-bond donors (Lipinski definition) is 1. The predicted octanol–water partition coefficient (Wildman–Crippen LogP) is 1.50. The van der Waals surface area contributed by atoms with Gasteiger partial charge in [0, 0.05) is 6.20 Å². The summed E-state index contributed by atoms with van der Waals surface area (Å²) in [5.74, 6) is 0. The molecule has 2 N–H and O–H groups in total. The van der Waals surface area contributed by atoms with E-state index in [0.29, 0.717) is 0 Å². The van der Waals surface area contributed by atoms with E-state index >= 15 is 0 Å². The third-order valence-corrected chi connectivity index (χ3v) is 1.01. The highest BCUT2D eigenvalue weighted by Crippen LogP contribution is 1.88. The van der Waals surface area contributed by atoms with Crippen molar-refractivity contribution in [3.63, 3.8) is 0 Å². The average Bonchev–Trinajstić information content (AvgIpc) is 1.97. The van der Waals surface area contributed by atoms with Crippen LogP contribution < -0.4 is 5.73 Å². The van der Waals surface area contributed by atoms with E-state index in [0.717, 1.165) is 19.4 Å². The molecule has 10 heavy (non-hydrogen) atoms. The molecule has 0 heterocycles. The van der Waals surface area contributed by atoms with Gasteiger partial charge in [-0.1, -0.05) is 12.2 Å². The van der Waals surface area contributed by atoms with E-state index in [-0.39, 0.29) is 0 Å². The molecule has 2 heteroatoms. The fraction of sp³-hybridized carbons (Fsp3) is 0.375. The van der Waals surface area contributed by atoms with Crippen LogP contribution in [0.15, 0.2) is 29.4 Å². The molecule has 0 saturated heterocycles. The Kier molecular flexibility index (Phi) is 7.39. The lowest BCUT2D eigenvalue weighted by Crippen LogP contribution is -1.96. The van der Waals surface area contributed by atoms with Crippen LogP contribution in [0.3, 0.4) is 0 Å². The molecule has 0 atom stereocenters. The number of aliphatic imine (C=N–C) groups is 1. The highest BCUT2D eigenvalue weighted by Gasteiger charge is 1.74. The van der Waals surface area contributed by atoms with Gasteiger partial charge in [0.25, 0.3) is 0 Å². The quantitative estimate of drug-likeness (QED) is 0.349. The van der Waals surface area contributed by atoms with E-state index in [1.807, 2.05) is 12.2 Å². The van der Waals surface area contributed by atoms with Gasteiger partial charge in [-0.25, -0.2) is 0 Å². The van der Waals surface area contributed by atoms with Gasteiger partial charge >= 0.3 is 0 Å². The van der Waals surface area contributed by atoms with E-state index in [1.54, 1.807) is 6.20 Å². The second-order valence-electron chi connectivity index (χ2n) is 1.88. The zero-order valence-corrected chi connectivity index (χ0v) is 6.16. The molecular formula is C8H14N2. The predicted molar refractivity (Wildman–Crippen MR) is 46.1 cm³/mol. The lowest BCUT2D eigenvalue weighted by Gasteiger charge is -1.85. The van der Waals surface area contributed by atoms with Gasteiger partial charge in [0.1, 0.15) is 0 Å². The van der Waals surface area contributed by atoms with Crippen molar-refractivity contribution in [3.05, 3.63) is 24.4 Å². The summed E-state index contributed by atoms with van der Waals surface area (Å²) in [5.41, 5.74) is 5.29. The molecule has 0 saturated carbocycles. The van der Waals surface area contributed by atoms with Crippen LogP contribution in [0.2, 0.25) is 0 Å². The molecular weight excluding hydrogens is 124 g/mol. The van der Waals surface area contributed by atoms with Crippen LogP contribution in [-0.4, -0.2) is 13.3 Å². The first kappa shape index (κ1) is 9.11. The Bertz CT molecular complexity index is 125. The number of unbranched alkanes of at least 4 members (excludes halogenated alkanes) is 1. The lowest BCUT2D eigenvalue weighted by molar-refractivity contribution is 0.855. The second kappa shape index (κ2) is 8.11. The molecule has 0 aromatic heterocycles. The number of nitrogens with two attached hydrogens (primary N) is 1. The number of nitrogens with zero attached hydrogens (tertiary/aromatic N) is 1. The Morgan fingerprint density at radius 2 is 2.20 bits per heavy atom. The van der Waals surface area contributed by atoms with Crippen LogP contribution in [0, 0.1) is 0 Å². The molecule has 0 spiro atoms. The fourth-order valence-electron chi connectivity index (χ4n) is 0.521. The number of allylic oxidation sites excluding steroid dienone is 3. The molecule has 0 aromatic rings. The minimum absolute atomic E-state index is 0.758. The third kappa shape index (κ3) is 7.11. The minimum atomic E-state index is 0.758. The molecule has 0 amide bonds. The Labute approximate surface area is 62.1 Å². The lowest BCUT2D eigenvalue weighted by atomic mass is 10.3. The fourth-order valence-corrected chi connectivity index (χ4v) is 0.521. The molecule has 0 aliphatic carbocycles. The van der Waals surface area contributed by atoms with Crippen molar-refractivity contribution >= 4 is 6.72 Å². The van der Waals surface area contributed by atoms with Gasteiger partial charge in [-0.2, -0.15) is 0 Å². The Balaban J connectivity index is 3.19. The first-order valence-electron chi connectivity index (χ1n) is 3.39. The summed E-state index contributed by atoms with van der Waals surface area (Å²) >= 11 is 0. The van der Waals surface area contributed by atoms with Crippen LogP contribution in [-0.2, 0) is 0 Å². The smallest absolute Gasteiger partial charge is 0.0260 e. The summed E-state index contributed by atoms with van der Waals surface area (Å²) in [4.78, 5) is 3.55. The van der Waals surface area contributed by atoms with Crippen LogP contribution in [0.25, 0.3) is 0 Å². The van der Waals surface area contributed by atoms with Crippen LogP contribution in [0.1, 0.15) is 12.8 Å². The maximum atomic E-state index is 5.29. The van der Waals surface area contributed by atoms with Gasteiger partial charge in [0.15, 0.2) is 0 Å². The standard InChI is InChI=1S/C8H14N2/c1-10-8-6-4-2-3-5-7-9/h2,4,6,8H,1,3,5,7,9H2/b4-2-,8-6-. The maximum Gasteiger partial charge on any atom is 0.0260 e. The van der Waals surface area contributed by atoms with Crippen LogP contribution >= 0.6 is 0 Å². The van der Waals surface area contributed by atoms with Gasteiger partial charge in [-0.3, -0.25) is 4.99 Å². The topological polar surface area (TPSA) is 38.4 Å². The summed E-state index contributed by atoms with van der Waals surface area (Å²) in [6.07, 6.45) is 9.60. The van der Waals surface area contributed by atoms with Crippen molar-refractivity contribution < 1.29 is 0 Å². The van der Waals surface area contributed by atoms with Crippen LogP contribution in [0.4, 0.5) is 0 Å². The molecule has 0 radical (unpaired) electrons. The molecule has 0 aromatic carbocycles. The van der Waals surface area contributed by atoms with Crippen molar-refractivity contribution in [3.8, 4) is 0 Å². The molecule has 0 fully saturated rings. The molecule has 56 valence electrons. The summed E-state index contributed by atoms with van der Waals surface area (Å²) in [6, 6.07) is 0. The minimum Gasteiger partial charge on any atom is -0.330 e. The van der Waals surface area contributed by atoms with Gasteiger partial charge in [0.05, 0.1) is 0 Å². The van der Waals surface area contributed by atoms with Crippen molar-refractivity contribution in [1.82, 2.24) is 0 Å². The largest absolute Gasteiger partial charge is 0.330 e. The summed E-state index contributed by atoms with van der Waals surface area (Å²) < 4.78 is 0. The van der Waals surface area contributed by atoms with E-state index in [1.165, 1.54) is 0 Å². The zero-order chi connectivity index (χ0) is 7.66. The highest BCUT2D eigenvalue weighted by atomic mass is 14.6. The van der Waals surface area contributed by atoms with Gasteiger partial charge in [0.2, 0.25) is 0 Å². The molecule has 0 aliphatic heterocycles. The van der Waals surface area contributed by atoms with E-state index in [2.05, 4.69) is 17.8 Å². The summed E-state index contributed by atoms with van der Waals surface area (Å²) in [7, 11) is 0. The Morgan fingerprint density at radius 3 is 2.80 bits per heavy atom. The van der Waals surface area contributed by atoms with Crippen molar-refractivity contribution in [2.45, 2.75) is 12.8 Å². The average molecular weight is 138 g/mol. The van der Waals surface area contributed by atoms with E-state index < -0.39 is 0 Å². The number of rotatable bonds is 5. The van der Waals surface area contributed by atoms with Crippen molar-refractivity contribution in [2.24, 2.45) is 10.7 Å². The monoisotopic (exact) mass is 138 g/mol. The highest BCUT2D eigenvalue weighted by molar-refractivity contribution is 5.26. The Morgan fingerprint density at radius 1 is 1.40 bits per heavy atom. The van der Waals surface area contributed by atoms with Crippen LogP contribution in [0.5, 0.6) is 0 Å². The first-order valence-corrected chi connectivity index (χ1v) is 3.39. The van der Waals surface area contributed by atoms with E-state index in [4.69, 9.17) is 5.73 Å². The van der Waals surface area contributed by atoms with Gasteiger partial charge < -0.3 is 5.73 Å². The first-order chi connectivity index (χ1) is 4.91. The molecule has 0 aliphatic rings. The zero-order valence-electron chi connectivity index (χ0n) is 6.16. The van der Waals surface area contributed by atoms with Crippen molar-refractivity contribution in [1.29, 1.82) is 0 Å². The summed E-state index contributed by atoms with van der Waals surface area (Å²) in [5, 5.41) is 0. The third-order valence-electron chi connectivity index (χ3n) is 1.01. The van der Waals surface area contributed by atoms with E-state index in [9.17, 15) is 0 Å². The van der Waals surface area contributed by atoms with Gasteiger partial charge in [-0.05, 0) is 32.2 Å². The maximum absolute atomic E-state index is 5.29. The Hall–Kier alpha value is -0.890. The molecule has 0 bridgehead atoms. The molecule has 2 nitrogen and oxygen atoms in total. The SMILES string of the molecule is C=N/C=C\C=C/CCCN. The number of hydrogen-bond acceptors (Lipinski definition) is 2.